The summed E-state index contributed by atoms with van der Waals surface area (Å²) in [5, 5.41) is 1.46. The summed E-state index contributed by atoms with van der Waals surface area (Å²) in [5.41, 5.74) is 2.77. The number of hydrogen-bond acceptors (Lipinski definition) is 4. The molecular weight excluding hydrogens is 405 g/mol. The van der Waals surface area contributed by atoms with Crippen molar-refractivity contribution >= 4 is 40.2 Å². The van der Waals surface area contributed by atoms with Crippen molar-refractivity contribution in [3.8, 4) is 0 Å². The van der Waals surface area contributed by atoms with Gasteiger partial charge in [0.05, 0.1) is 18.6 Å². The smallest absolute Gasteiger partial charge is 0.180 e. The molecule has 2 heterocycles. The number of nitrogens with zero attached hydrogens (tertiary/aromatic N) is 3. The van der Waals surface area contributed by atoms with Gasteiger partial charge in [-0.25, -0.2) is 4.39 Å². The number of aldehydes is 1. The van der Waals surface area contributed by atoms with Gasteiger partial charge < -0.3 is 9.64 Å². The normalized spacial score (nSPS) is 17.1. The van der Waals surface area contributed by atoms with Crippen LogP contribution >= 0.6 is 11.6 Å². The molecule has 1 aliphatic heterocycles. The molecule has 1 aromatic heterocycles. The van der Waals surface area contributed by atoms with E-state index in [0.29, 0.717) is 42.3 Å². The molecule has 7 heteroatoms. The Hall–Kier alpha value is -2.54. The van der Waals surface area contributed by atoms with Crippen LogP contribution in [0.3, 0.4) is 0 Å². The van der Waals surface area contributed by atoms with Gasteiger partial charge in [0, 0.05) is 41.5 Å². The predicted molar refractivity (Wildman–Crippen MR) is 119 cm³/mol. The van der Waals surface area contributed by atoms with Gasteiger partial charge in [0.15, 0.2) is 12.3 Å². The number of pyridine rings is 1. The molecule has 0 spiro atoms. The highest BCUT2D eigenvalue weighted by atomic mass is 35.5. The van der Waals surface area contributed by atoms with Crippen molar-refractivity contribution in [1.82, 2.24) is 9.47 Å². The van der Waals surface area contributed by atoms with Crippen LogP contribution in [-0.2, 0) is 9.53 Å². The van der Waals surface area contributed by atoms with Crippen LogP contribution in [0.2, 0.25) is 5.02 Å². The lowest BCUT2D eigenvalue weighted by Gasteiger charge is -2.47. The van der Waals surface area contributed by atoms with Gasteiger partial charge in [0.1, 0.15) is 31.2 Å². The molecule has 3 aromatic rings. The zero-order valence-corrected chi connectivity index (χ0v) is 17.6. The summed E-state index contributed by atoms with van der Waals surface area (Å²) in [7, 11) is 1.61. The first-order chi connectivity index (χ1) is 14.6. The van der Waals surface area contributed by atoms with Gasteiger partial charge >= 0.3 is 0 Å². The maximum atomic E-state index is 13.9. The highest BCUT2D eigenvalue weighted by Crippen LogP contribution is 2.33. The largest absolute Gasteiger partial charge is 0.378 e. The van der Waals surface area contributed by atoms with Crippen molar-refractivity contribution < 1.29 is 13.9 Å². The van der Waals surface area contributed by atoms with Crippen molar-refractivity contribution in [3.63, 3.8) is 0 Å². The number of anilines is 1. The number of ether oxygens (including phenoxy) is 1. The predicted octanol–water partition coefficient (Wildman–Crippen LogP) is 4.07. The van der Waals surface area contributed by atoms with Crippen molar-refractivity contribution in [1.29, 1.82) is 0 Å². The maximum absolute atomic E-state index is 13.9. The number of piperazine rings is 1. The van der Waals surface area contributed by atoms with E-state index in [0.717, 1.165) is 28.6 Å². The van der Waals surface area contributed by atoms with E-state index in [1.54, 1.807) is 19.4 Å². The second-order valence-electron chi connectivity index (χ2n) is 7.60. The van der Waals surface area contributed by atoms with Gasteiger partial charge in [-0.05, 0) is 36.4 Å². The molecule has 4 rings (SSSR count). The second kappa shape index (κ2) is 8.68. The third-order valence-electron chi connectivity index (χ3n) is 6.03. The summed E-state index contributed by atoms with van der Waals surface area (Å²) in [4.78, 5) is 18.6. The van der Waals surface area contributed by atoms with E-state index in [1.165, 1.54) is 12.1 Å². The van der Waals surface area contributed by atoms with E-state index in [-0.39, 0.29) is 11.9 Å². The third-order valence-corrected chi connectivity index (χ3v) is 6.28. The van der Waals surface area contributed by atoms with E-state index in [9.17, 15) is 9.18 Å². The number of carbonyl (C=O) groups is 1. The molecule has 5 nitrogen and oxygen atoms in total. The number of hydrogen-bond donors (Lipinski definition) is 0. The Kier molecular flexibility index (Phi) is 5.99. The summed E-state index contributed by atoms with van der Waals surface area (Å²) in [5.74, 6) is -0.277. The fourth-order valence-corrected chi connectivity index (χ4v) is 4.56. The van der Waals surface area contributed by atoms with Crippen molar-refractivity contribution in [3.05, 3.63) is 65.6 Å². The third kappa shape index (κ3) is 3.78. The van der Waals surface area contributed by atoms with Crippen LogP contribution in [0.4, 0.5) is 15.8 Å². The summed E-state index contributed by atoms with van der Waals surface area (Å²) < 4.78 is 19.8. The molecule has 0 N–H and O–H groups in total. The number of carbonyl (C=O) groups excluding carboxylic acids is 1. The maximum Gasteiger partial charge on any atom is 0.180 e. The minimum absolute atomic E-state index is 0.277. The number of halogens is 2. The van der Waals surface area contributed by atoms with Crippen molar-refractivity contribution in [2.24, 2.45) is 0 Å². The van der Waals surface area contributed by atoms with Gasteiger partial charge in [0.2, 0.25) is 0 Å². The van der Waals surface area contributed by atoms with Crippen molar-refractivity contribution in [2.75, 3.05) is 44.8 Å². The molecular formula is C23H24ClFN3O2+. The van der Waals surface area contributed by atoms with Crippen LogP contribution in [0.1, 0.15) is 0 Å². The number of quaternary nitrogens is 1. The highest BCUT2D eigenvalue weighted by Gasteiger charge is 2.42. The minimum atomic E-state index is -0.315. The fourth-order valence-electron chi connectivity index (χ4n) is 4.43. The van der Waals surface area contributed by atoms with Crippen LogP contribution in [0.5, 0.6) is 0 Å². The van der Waals surface area contributed by atoms with Crippen LogP contribution in [0, 0.1) is 5.82 Å². The average molecular weight is 429 g/mol. The molecule has 1 atom stereocenters. The Morgan fingerprint density at radius 1 is 1.20 bits per heavy atom. The summed E-state index contributed by atoms with van der Waals surface area (Å²) in [6.07, 6.45) is 2.75. The second-order valence-corrected chi connectivity index (χ2v) is 8.03. The quantitative estimate of drug-likeness (QED) is 0.438. The van der Waals surface area contributed by atoms with Crippen LogP contribution < -0.4 is 9.38 Å². The van der Waals surface area contributed by atoms with Crippen molar-refractivity contribution in [2.45, 2.75) is 6.04 Å². The molecule has 1 fully saturated rings. The molecule has 0 amide bonds. The molecule has 1 unspecified atom stereocenters. The SMILES string of the molecule is COCC(C=O)[N+]1(c2ccc(Cl)cc2)CCN(c2ccnc3ccc(F)cc23)CC1. The van der Waals surface area contributed by atoms with E-state index in [1.807, 2.05) is 30.3 Å². The first-order valence-corrected chi connectivity index (χ1v) is 10.3. The molecule has 0 aliphatic carbocycles. The molecule has 0 radical (unpaired) electrons. The van der Waals surface area contributed by atoms with E-state index in [2.05, 4.69) is 9.88 Å². The molecule has 0 bridgehead atoms. The van der Waals surface area contributed by atoms with Gasteiger partial charge in [-0.15, -0.1) is 0 Å². The topological polar surface area (TPSA) is 42.4 Å². The Balaban J connectivity index is 1.68. The number of rotatable bonds is 6. The summed E-state index contributed by atoms with van der Waals surface area (Å²) in [6, 6.07) is 14.0. The van der Waals surface area contributed by atoms with Gasteiger partial charge in [-0.2, -0.15) is 0 Å². The molecule has 156 valence electrons. The van der Waals surface area contributed by atoms with Crippen LogP contribution in [0.15, 0.2) is 54.7 Å². The Bertz CT molecular complexity index is 1040. The number of methoxy groups -OCH3 is 1. The van der Waals surface area contributed by atoms with Gasteiger partial charge in [0.25, 0.3) is 0 Å². The van der Waals surface area contributed by atoms with E-state index >= 15 is 0 Å². The lowest BCUT2D eigenvalue weighted by atomic mass is 10.1. The van der Waals surface area contributed by atoms with E-state index in [4.69, 9.17) is 16.3 Å². The van der Waals surface area contributed by atoms with Crippen LogP contribution in [-0.4, -0.2) is 57.2 Å². The average Bonchev–Trinajstić information content (AvgIpc) is 2.77. The Morgan fingerprint density at radius 2 is 1.93 bits per heavy atom. The number of aromatic nitrogens is 1. The fraction of sp³-hybridized carbons (Fsp3) is 0.304. The Labute approximate surface area is 180 Å². The summed E-state index contributed by atoms with van der Waals surface area (Å²) >= 11 is 6.10. The van der Waals surface area contributed by atoms with Gasteiger partial charge in [-0.3, -0.25) is 14.3 Å². The molecule has 2 aromatic carbocycles. The molecule has 30 heavy (non-hydrogen) atoms. The first kappa shape index (κ1) is 20.7. The zero-order chi connectivity index (χ0) is 21.1. The van der Waals surface area contributed by atoms with E-state index < -0.39 is 0 Å². The molecule has 1 saturated heterocycles. The number of benzene rings is 2. The summed E-state index contributed by atoms with van der Waals surface area (Å²) in [6.45, 7) is 3.20. The lowest BCUT2D eigenvalue weighted by molar-refractivity contribution is -0.114. The lowest BCUT2D eigenvalue weighted by Crippen LogP contribution is -2.67. The molecule has 1 aliphatic rings. The number of fused-ring (bicyclic) bond motifs is 1. The van der Waals surface area contributed by atoms with Gasteiger partial charge in [-0.1, -0.05) is 11.6 Å². The zero-order valence-electron chi connectivity index (χ0n) is 16.8. The highest BCUT2D eigenvalue weighted by molar-refractivity contribution is 6.30. The minimum Gasteiger partial charge on any atom is -0.378 e. The standard InChI is InChI=1S/C23H24ClFN3O2/c1-30-16-20(15-29)28(19-5-2-17(24)3-6-19)12-10-27(11-13-28)23-8-9-26-22-7-4-18(25)14-21(22)23/h2-9,14-15,20H,10-13,16H2,1H3/q+1. The first-order valence-electron chi connectivity index (χ1n) is 9.94. The molecule has 0 saturated carbocycles. The monoisotopic (exact) mass is 428 g/mol. The van der Waals surface area contributed by atoms with Crippen LogP contribution in [0.25, 0.3) is 10.9 Å². The Morgan fingerprint density at radius 3 is 2.60 bits per heavy atom.